The standard InChI is InChI=1S/C38H63O9P/c1-11-17-23-42-32-27-33(48(41,45-26-20-14-4)47-31(22-16-6)35(40)29(9)10)37(44-25-19-13-3)38(36(32)43-24-18-12-2)46-30(21-15-5)34(39)28(7)8/h27,30-31H,7,9,11-26H2,1-6,8,10H3. The van der Waals surface area contributed by atoms with Crippen molar-refractivity contribution in [2.24, 2.45) is 0 Å². The van der Waals surface area contributed by atoms with Crippen molar-refractivity contribution in [1.29, 1.82) is 0 Å². The number of Topliss-reactive ketones (excluding diaryl/α,β-unsaturated/α-hetero) is 2. The van der Waals surface area contributed by atoms with Crippen LogP contribution in [-0.4, -0.2) is 50.2 Å². The number of hydrogen-bond donors (Lipinski definition) is 0. The molecule has 0 fully saturated rings. The maximum atomic E-state index is 15.3. The van der Waals surface area contributed by atoms with Gasteiger partial charge in [0.15, 0.2) is 29.2 Å². The number of rotatable bonds is 29. The fourth-order valence-electron chi connectivity index (χ4n) is 4.59. The molecular weight excluding hydrogens is 631 g/mol. The van der Waals surface area contributed by atoms with Crippen molar-refractivity contribution in [3.63, 3.8) is 0 Å². The van der Waals surface area contributed by atoms with Crippen molar-refractivity contribution in [3.05, 3.63) is 30.4 Å². The van der Waals surface area contributed by atoms with E-state index in [1.165, 1.54) is 0 Å². The molecule has 0 amide bonds. The fourth-order valence-corrected chi connectivity index (χ4v) is 6.50. The Balaban J connectivity index is 4.30. The molecule has 0 saturated heterocycles. The summed E-state index contributed by atoms with van der Waals surface area (Å²) >= 11 is 0. The summed E-state index contributed by atoms with van der Waals surface area (Å²) in [6, 6.07) is 1.58. The normalized spacial score (nSPS) is 13.7. The summed E-state index contributed by atoms with van der Waals surface area (Å²) in [7, 11) is -4.32. The molecule has 0 aromatic heterocycles. The molecule has 0 aliphatic rings. The quantitative estimate of drug-likeness (QED) is 0.0460. The van der Waals surface area contributed by atoms with Gasteiger partial charge in [0, 0.05) is 6.07 Å². The molecule has 0 bridgehead atoms. The van der Waals surface area contributed by atoms with Gasteiger partial charge in [-0.15, -0.1) is 0 Å². The van der Waals surface area contributed by atoms with Crippen LogP contribution < -0.4 is 24.3 Å². The summed E-state index contributed by atoms with van der Waals surface area (Å²) in [6.07, 6.45) is 6.21. The van der Waals surface area contributed by atoms with Gasteiger partial charge in [0.1, 0.15) is 11.4 Å². The molecule has 0 radical (unpaired) electrons. The molecule has 1 aromatic rings. The van der Waals surface area contributed by atoms with E-state index in [9.17, 15) is 9.59 Å². The minimum atomic E-state index is -4.32. The van der Waals surface area contributed by atoms with Crippen LogP contribution in [0.3, 0.4) is 0 Å². The smallest absolute Gasteiger partial charge is 0.366 e. The minimum Gasteiger partial charge on any atom is -0.490 e. The van der Waals surface area contributed by atoms with E-state index in [1.807, 2.05) is 27.7 Å². The molecule has 3 unspecified atom stereocenters. The van der Waals surface area contributed by atoms with Gasteiger partial charge in [-0.25, -0.2) is 0 Å². The van der Waals surface area contributed by atoms with Gasteiger partial charge in [0.2, 0.25) is 11.5 Å². The van der Waals surface area contributed by atoms with Crippen LogP contribution in [0, 0.1) is 0 Å². The monoisotopic (exact) mass is 694 g/mol. The lowest BCUT2D eigenvalue weighted by Gasteiger charge is -2.29. The zero-order chi connectivity index (χ0) is 36.1. The highest BCUT2D eigenvalue weighted by molar-refractivity contribution is 7.62. The Morgan fingerprint density at radius 3 is 1.60 bits per heavy atom. The number of carbonyl (C=O) groups excluding carboxylic acids is 2. The molecule has 0 N–H and O–H groups in total. The second-order valence-electron chi connectivity index (χ2n) is 12.2. The number of unbranched alkanes of at least 4 members (excludes halogenated alkanes) is 4. The first kappa shape index (κ1) is 43.4. The number of ketones is 2. The summed E-state index contributed by atoms with van der Waals surface area (Å²) in [5, 5.41) is 0.0627. The molecule has 0 aliphatic heterocycles. The molecular formula is C38H63O9P. The lowest BCUT2D eigenvalue weighted by Crippen LogP contribution is -2.30. The second-order valence-corrected chi connectivity index (χ2v) is 14.2. The summed E-state index contributed by atoms with van der Waals surface area (Å²) < 4.78 is 53.4. The summed E-state index contributed by atoms with van der Waals surface area (Å²) in [5.74, 6) is 0.102. The third kappa shape index (κ3) is 13.7. The number of carbonyl (C=O) groups is 2. The minimum absolute atomic E-state index is 0.0627. The Kier molecular flexibility index (Phi) is 21.4. The third-order valence-corrected chi connectivity index (χ3v) is 9.47. The van der Waals surface area contributed by atoms with Gasteiger partial charge in [-0.05, 0) is 63.5 Å². The lowest BCUT2D eigenvalue weighted by atomic mass is 10.1. The van der Waals surface area contributed by atoms with E-state index < -0.39 is 19.8 Å². The van der Waals surface area contributed by atoms with Gasteiger partial charge in [0.25, 0.3) is 0 Å². The van der Waals surface area contributed by atoms with Gasteiger partial charge >= 0.3 is 7.60 Å². The molecule has 0 saturated carbocycles. The van der Waals surface area contributed by atoms with E-state index in [0.717, 1.165) is 38.5 Å². The SMILES string of the molecule is C=C(C)C(=O)C(CCC)Oc1c(OCCCC)c(OCCCC)cc(P(=O)(OCCCC)OC(CCC)C(=O)C(=C)C)c1OCCCC. The second kappa shape index (κ2) is 23.7. The first-order valence-corrected chi connectivity index (χ1v) is 19.6. The topological polar surface area (TPSA) is 107 Å². The first-order chi connectivity index (χ1) is 23.0. The molecule has 48 heavy (non-hydrogen) atoms. The molecule has 1 rings (SSSR count). The Morgan fingerprint density at radius 1 is 0.646 bits per heavy atom. The average molecular weight is 695 g/mol. The predicted molar refractivity (Wildman–Crippen MR) is 194 cm³/mol. The molecule has 10 heteroatoms. The van der Waals surface area contributed by atoms with Crippen molar-refractivity contribution < 1.29 is 42.1 Å². The molecule has 274 valence electrons. The van der Waals surface area contributed by atoms with Crippen molar-refractivity contribution >= 4 is 24.5 Å². The average Bonchev–Trinajstić information content (AvgIpc) is 3.05. The van der Waals surface area contributed by atoms with Crippen LogP contribution in [0.25, 0.3) is 0 Å². The zero-order valence-corrected chi connectivity index (χ0v) is 32.0. The van der Waals surface area contributed by atoms with E-state index in [-0.39, 0.29) is 53.1 Å². The molecule has 3 atom stereocenters. The highest BCUT2D eigenvalue weighted by Crippen LogP contribution is 2.57. The van der Waals surface area contributed by atoms with Crippen LogP contribution in [-0.2, 0) is 23.2 Å². The van der Waals surface area contributed by atoms with Crippen LogP contribution in [0.1, 0.15) is 132 Å². The van der Waals surface area contributed by atoms with E-state index in [4.69, 9.17) is 28.0 Å². The number of benzene rings is 1. The summed E-state index contributed by atoms with van der Waals surface area (Å²) in [5.41, 5.74) is 0.643. The maximum absolute atomic E-state index is 15.3. The molecule has 0 aliphatic carbocycles. The van der Waals surface area contributed by atoms with E-state index in [1.54, 1.807) is 19.9 Å². The van der Waals surface area contributed by atoms with Gasteiger partial charge < -0.3 is 23.5 Å². The largest absolute Gasteiger partial charge is 0.490 e. The zero-order valence-electron chi connectivity index (χ0n) is 31.1. The van der Waals surface area contributed by atoms with Crippen molar-refractivity contribution in [1.82, 2.24) is 0 Å². The Labute approximate surface area is 290 Å². The Morgan fingerprint density at radius 2 is 1.10 bits per heavy atom. The molecule has 9 nitrogen and oxygen atoms in total. The maximum Gasteiger partial charge on any atom is 0.366 e. The van der Waals surface area contributed by atoms with Crippen LogP contribution in [0.5, 0.6) is 23.0 Å². The Bertz CT molecular complexity index is 1210. The summed E-state index contributed by atoms with van der Waals surface area (Å²) in [6.45, 7) is 24.1. The highest BCUT2D eigenvalue weighted by atomic mass is 31.2. The summed E-state index contributed by atoms with van der Waals surface area (Å²) in [4.78, 5) is 26.7. The first-order valence-electron chi connectivity index (χ1n) is 18.0. The van der Waals surface area contributed by atoms with E-state index in [0.29, 0.717) is 62.9 Å². The van der Waals surface area contributed by atoms with Crippen LogP contribution >= 0.6 is 7.60 Å². The van der Waals surface area contributed by atoms with Crippen LogP contribution in [0.4, 0.5) is 0 Å². The fraction of sp³-hybridized carbons (Fsp3) is 0.684. The van der Waals surface area contributed by atoms with Crippen molar-refractivity contribution in [2.75, 3.05) is 26.4 Å². The molecule has 1 aromatic carbocycles. The van der Waals surface area contributed by atoms with Crippen LogP contribution in [0.15, 0.2) is 30.4 Å². The number of ether oxygens (including phenoxy) is 4. The Hall–Kier alpha value is -2.61. The van der Waals surface area contributed by atoms with E-state index in [2.05, 4.69) is 27.0 Å². The highest BCUT2D eigenvalue weighted by Gasteiger charge is 2.41. The molecule has 0 heterocycles. The van der Waals surface area contributed by atoms with E-state index >= 15 is 4.57 Å². The van der Waals surface area contributed by atoms with Crippen molar-refractivity contribution in [2.45, 2.75) is 145 Å². The van der Waals surface area contributed by atoms with Gasteiger partial charge in [-0.1, -0.05) is 93.2 Å². The van der Waals surface area contributed by atoms with Gasteiger partial charge in [0.05, 0.1) is 26.4 Å². The predicted octanol–water partition coefficient (Wildman–Crippen LogP) is 9.88. The third-order valence-electron chi connectivity index (χ3n) is 7.49. The lowest BCUT2D eigenvalue weighted by molar-refractivity contribution is -0.123. The number of hydrogen-bond acceptors (Lipinski definition) is 9. The van der Waals surface area contributed by atoms with Gasteiger partial charge in [-0.2, -0.15) is 0 Å². The van der Waals surface area contributed by atoms with Crippen molar-refractivity contribution in [3.8, 4) is 23.0 Å². The molecule has 0 spiro atoms. The van der Waals surface area contributed by atoms with Crippen LogP contribution in [0.2, 0.25) is 0 Å². The van der Waals surface area contributed by atoms with Gasteiger partial charge in [-0.3, -0.25) is 18.7 Å².